The van der Waals surface area contributed by atoms with Crippen LogP contribution in [0.1, 0.15) is 38.2 Å². The van der Waals surface area contributed by atoms with Crippen molar-refractivity contribution in [3.63, 3.8) is 0 Å². The summed E-state index contributed by atoms with van der Waals surface area (Å²) < 4.78 is 64.8. The van der Waals surface area contributed by atoms with Crippen LogP contribution in [0.5, 0.6) is 0 Å². The first-order valence-corrected chi connectivity index (χ1v) is 14.9. The molecule has 188 valence electrons. The number of piperazine rings is 1. The Morgan fingerprint density at radius 3 is 2.15 bits per heavy atom. The standard InChI is InChI=1S/C20H28N3O8PS2/c1-5-30-18(24)16-17(14-8-6-7-9-15(14)23(16)34(28,29)32)33(26,27)22-12-10-21(11-13-22)19(25)31-20(2,3)4/h6-9H,5,10-13,32H2,1-4H3. The number of carbonyl (C=O) groups is 2. The van der Waals surface area contributed by atoms with E-state index in [4.69, 9.17) is 9.47 Å². The van der Waals surface area contributed by atoms with E-state index in [9.17, 15) is 26.4 Å². The molecule has 0 spiro atoms. The Morgan fingerprint density at radius 1 is 1.03 bits per heavy atom. The van der Waals surface area contributed by atoms with Crippen LogP contribution in [0, 0.1) is 0 Å². The minimum absolute atomic E-state index is 0.0338. The molecule has 1 saturated heterocycles. The molecule has 1 aliphatic heterocycles. The van der Waals surface area contributed by atoms with Crippen LogP contribution < -0.4 is 0 Å². The molecule has 2 aromatic rings. The summed E-state index contributed by atoms with van der Waals surface area (Å²) in [5, 5.41) is 0.0751. The predicted octanol–water partition coefficient (Wildman–Crippen LogP) is 2.03. The van der Waals surface area contributed by atoms with Gasteiger partial charge in [0.1, 0.15) is 10.5 Å². The lowest BCUT2D eigenvalue weighted by atomic mass is 10.2. The highest BCUT2D eigenvalue weighted by Crippen LogP contribution is 2.35. The molecule has 1 atom stereocenters. The molecule has 1 aromatic carbocycles. The highest BCUT2D eigenvalue weighted by atomic mass is 32.7. The summed E-state index contributed by atoms with van der Waals surface area (Å²) >= 11 is 0. The maximum atomic E-state index is 13.7. The normalized spacial score (nSPS) is 16.0. The Labute approximate surface area is 201 Å². The molecule has 1 aliphatic rings. The lowest BCUT2D eigenvalue weighted by Crippen LogP contribution is -2.51. The van der Waals surface area contributed by atoms with Crippen LogP contribution in [0.2, 0.25) is 0 Å². The number of fused-ring (bicyclic) bond motifs is 1. The second-order valence-corrected chi connectivity index (χ2v) is 13.7. The Hall–Kier alpha value is -2.21. The fourth-order valence-electron chi connectivity index (χ4n) is 3.65. The zero-order chi connectivity index (χ0) is 25.5. The molecule has 0 N–H and O–H groups in total. The van der Waals surface area contributed by atoms with Gasteiger partial charge in [-0.25, -0.2) is 30.4 Å². The summed E-state index contributed by atoms with van der Waals surface area (Å²) in [6.07, 6.45) is -0.553. The van der Waals surface area contributed by atoms with E-state index in [0.717, 1.165) is 4.31 Å². The van der Waals surface area contributed by atoms with Crippen LogP contribution >= 0.6 is 8.44 Å². The highest BCUT2D eigenvalue weighted by Gasteiger charge is 2.39. The van der Waals surface area contributed by atoms with Gasteiger partial charge in [-0.3, -0.25) is 0 Å². The molecular weight excluding hydrogens is 505 g/mol. The van der Waals surface area contributed by atoms with Crippen molar-refractivity contribution >= 4 is 51.1 Å². The lowest BCUT2D eigenvalue weighted by Gasteiger charge is -2.35. The maximum absolute atomic E-state index is 13.7. The van der Waals surface area contributed by atoms with Crippen LogP contribution in [0.25, 0.3) is 10.9 Å². The number of para-hydroxylation sites is 1. The van der Waals surface area contributed by atoms with Gasteiger partial charge in [-0.1, -0.05) is 18.2 Å². The zero-order valence-corrected chi connectivity index (χ0v) is 22.1. The molecule has 1 fully saturated rings. The van der Waals surface area contributed by atoms with Crippen molar-refractivity contribution in [2.45, 2.75) is 38.2 Å². The van der Waals surface area contributed by atoms with E-state index in [1.807, 2.05) is 0 Å². The number of aromatic nitrogens is 1. The first kappa shape index (κ1) is 26.4. The van der Waals surface area contributed by atoms with Gasteiger partial charge in [0, 0.05) is 40.0 Å². The number of hydrogen-bond acceptors (Lipinski definition) is 8. The molecule has 14 heteroatoms. The topological polar surface area (TPSA) is 132 Å². The second kappa shape index (κ2) is 9.44. The van der Waals surface area contributed by atoms with Crippen molar-refractivity contribution < 1.29 is 35.9 Å². The summed E-state index contributed by atoms with van der Waals surface area (Å²) in [5.74, 6) is -1.07. The van der Waals surface area contributed by atoms with Gasteiger partial charge in [-0.2, -0.15) is 4.31 Å². The van der Waals surface area contributed by atoms with Gasteiger partial charge in [0.15, 0.2) is 5.69 Å². The van der Waals surface area contributed by atoms with Crippen LogP contribution in [-0.2, 0) is 29.1 Å². The fraction of sp³-hybridized carbons (Fsp3) is 0.500. The lowest BCUT2D eigenvalue weighted by molar-refractivity contribution is 0.0192. The number of ether oxygens (including phenoxy) is 2. The highest BCUT2D eigenvalue weighted by molar-refractivity contribution is 8.36. The zero-order valence-electron chi connectivity index (χ0n) is 19.3. The van der Waals surface area contributed by atoms with Gasteiger partial charge in [0.2, 0.25) is 19.7 Å². The van der Waals surface area contributed by atoms with E-state index in [1.165, 1.54) is 24.0 Å². The molecule has 11 nitrogen and oxygen atoms in total. The Bertz CT molecular complexity index is 1320. The third-order valence-corrected chi connectivity index (χ3v) is 8.49. The summed E-state index contributed by atoms with van der Waals surface area (Å²) in [6, 6.07) is 5.95. The van der Waals surface area contributed by atoms with Crippen molar-refractivity contribution in [3.05, 3.63) is 30.0 Å². The Kier molecular flexibility index (Phi) is 7.33. The third-order valence-electron chi connectivity index (χ3n) is 5.00. The number of hydrogen-bond donors (Lipinski definition) is 0. The first-order valence-electron chi connectivity index (χ1n) is 10.5. The number of rotatable bonds is 5. The SMILES string of the molecule is CCOC(=O)c1c(S(=O)(=O)N2CCN(C(=O)OC(C)(C)C)CC2)c2ccccc2n1S(=O)(=O)P. The number of sulfonamides is 1. The largest absolute Gasteiger partial charge is 0.461 e. The van der Waals surface area contributed by atoms with Crippen molar-refractivity contribution in [2.75, 3.05) is 32.8 Å². The van der Waals surface area contributed by atoms with Crippen LogP contribution in [0.3, 0.4) is 0 Å². The molecule has 0 radical (unpaired) electrons. The molecule has 0 saturated carbocycles. The van der Waals surface area contributed by atoms with Gasteiger partial charge >= 0.3 is 12.1 Å². The van der Waals surface area contributed by atoms with Crippen molar-refractivity contribution in [1.29, 1.82) is 0 Å². The van der Waals surface area contributed by atoms with Crippen molar-refractivity contribution in [1.82, 2.24) is 13.2 Å². The summed E-state index contributed by atoms with van der Waals surface area (Å²) in [6.45, 7) is 6.69. The average Bonchev–Trinajstić information content (AvgIpc) is 3.09. The molecular formula is C20H28N3O8PS2. The minimum atomic E-state index is -4.35. The van der Waals surface area contributed by atoms with Gasteiger partial charge in [0.05, 0.1) is 12.1 Å². The van der Waals surface area contributed by atoms with Crippen LogP contribution in [-0.4, -0.2) is 80.5 Å². The molecule has 1 aromatic heterocycles. The van der Waals surface area contributed by atoms with Gasteiger partial charge in [-0.15, -0.1) is 0 Å². The van der Waals surface area contributed by atoms with Gasteiger partial charge in [-0.05, 0) is 33.8 Å². The quantitative estimate of drug-likeness (QED) is 0.421. The Morgan fingerprint density at radius 2 is 1.62 bits per heavy atom. The Balaban J connectivity index is 2.07. The molecule has 1 unspecified atom stereocenters. The van der Waals surface area contributed by atoms with Gasteiger partial charge in [0.25, 0.3) is 0 Å². The van der Waals surface area contributed by atoms with Crippen molar-refractivity contribution in [3.8, 4) is 0 Å². The molecule has 0 aliphatic carbocycles. The van der Waals surface area contributed by atoms with Crippen molar-refractivity contribution in [2.24, 2.45) is 0 Å². The number of esters is 1. The monoisotopic (exact) mass is 533 g/mol. The van der Waals surface area contributed by atoms with Crippen LogP contribution in [0.4, 0.5) is 4.79 Å². The summed E-state index contributed by atoms with van der Waals surface area (Å²) in [4.78, 5) is 26.1. The molecule has 1 amide bonds. The smallest absolute Gasteiger partial charge is 0.410 e. The number of nitrogens with zero attached hydrogens (tertiary/aromatic N) is 3. The second-order valence-electron chi connectivity index (χ2n) is 8.60. The fourth-order valence-corrected chi connectivity index (χ4v) is 6.99. The molecule has 34 heavy (non-hydrogen) atoms. The molecule has 3 rings (SSSR count). The third kappa shape index (κ3) is 5.22. The number of carbonyl (C=O) groups excluding carboxylic acids is 2. The van der Waals surface area contributed by atoms with Gasteiger partial charge < -0.3 is 14.4 Å². The number of amides is 1. The summed E-state index contributed by atoms with van der Waals surface area (Å²) in [5.41, 5.74) is -1.25. The van der Waals surface area contributed by atoms with E-state index in [1.54, 1.807) is 41.3 Å². The van der Waals surface area contributed by atoms with E-state index in [2.05, 4.69) is 0 Å². The molecule has 2 heterocycles. The maximum Gasteiger partial charge on any atom is 0.410 e. The molecule has 0 bridgehead atoms. The minimum Gasteiger partial charge on any atom is -0.461 e. The average molecular weight is 534 g/mol. The van der Waals surface area contributed by atoms with E-state index in [-0.39, 0.29) is 43.7 Å². The summed E-state index contributed by atoms with van der Waals surface area (Å²) in [7, 11) is -6.87. The van der Waals surface area contributed by atoms with E-state index in [0.29, 0.717) is 3.97 Å². The predicted molar refractivity (Wildman–Crippen MR) is 128 cm³/mol. The van der Waals surface area contributed by atoms with E-state index >= 15 is 0 Å². The first-order chi connectivity index (χ1) is 15.7. The van der Waals surface area contributed by atoms with E-state index < -0.39 is 47.9 Å². The number of benzene rings is 1. The van der Waals surface area contributed by atoms with Crippen LogP contribution in [0.15, 0.2) is 29.2 Å².